The number of hydrogen-bond donors (Lipinski definition) is 2. The zero-order chi connectivity index (χ0) is 16.9. The molecule has 1 aromatic heterocycles. The lowest BCUT2D eigenvalue weighted by Crippen LogP contribution is -2.52. The summed E-state index contributed by atoms with van der Waals surface area (Å²) in [4.78, 5) is 28.6. The first-order valence-electron chi connectivity index (χ1n) is 8.57. The van der Waals surface area contributed by atoms with Crippen LogP contribution in [0.2, 0.25) is 0 Å². The summed E-state index contributed by atoms with van der Waals surface area (Å²) in [5, 5.41) is 9.76. The maximum Gasteiger partial charge on any atom is 0.239 e. The van der Waals surface area contributed by atoms with Crippen LogP contribution in [0.5, 0.6) is 0 Å². The van der Waals surface area contributed by atoms with E-state index in [4.69, 9.17) is 4.52 Å². The molecule has 2 aliphatic heterocycles. The topological polar surface area (TPSA) is 90.7 Å². The van der Waals surface area contributed by atoms with Crippen molar-refractivity contribution in [3.63, 3.8) is 0 Å². The molecular weight excluding hydrogens is 346 g/mol. The van der Waals surface area contributed by atoms with Crippen molar-refractivity contribution in [3.05, 3.63) is 11.8 Å². The van der Waals surface area contributed by atoms with E-state index in [1.165, 1.54) is 0 Å². The van der Waals surface area contributed by atoms with Crippen LogP contribution in [-0.2, 0) is 9.59 Å². The molecule has 3 rings (SSSR count). The van der Waals surface area contributed by atoms with Gasteiger partial charge in [0.25, 0.3) is 0 Å². The Morgan fingerprint density at radius 1 is 1.28 bits per heavy atom. The summed E-state index contributed by atoms with van der Waals surface area (Å²) in [5.41, 5.74) is 0. The Morgan fingerprint density at radius 2 is 1.96 bits per heavy atom. The summed E-state index contributed by atoms with van der Waals surface area (Å²) in [5.74, 6) is 1.43. The molecule has 8 nitrogen and oxygen atoms in total. The number of halogens is 1. The number of nitrogens with one attached hydrogen (secondary N) is 2. The summed E-state index contributed by atoms with van der Waals surface area (Å²) in [7, 11) is 0. The lowest BCUT2D eigenvalue weighted by molar-refractivity contribution is -0.138. The number of piperidine rings is 1. The number of aryl methyl sites for hydroxylation is 1. The van der Waals surface area contributed by atoms with Crippen molar-refractivity contribution >= 4 is 30.0 Å². The highest BCUT2D eigenvalue weighted by Gasteiger charge is 2.28. The van der Waals surface area contributed by atoms with Crippen molar-refractivity contribution < 1.29 is 14.1 Å². The van der Waals surface area contributed by atoms with Crippen molar-refractivity contribution in [1.29, 1.82) is 0 Å². The van der Waals surface area contributed by atoms with Gasteiger partial charge in [-0.1, -0.05) is 5.16 Å². The molecule has 3 heterocycles. The van der Waals surface area contributed by atoms with Gasteiger partial charge in [0.15, 0.2) is 5.82 Å². The minimum atomic E-state index is -0.110. The van der Waals surface area contributed by atoms with Crippen molar-refractivity contribution in [2.24, 2.45) is 5.92 Å². The van der Waals surface area contributed by atoms with E-state index < -0.39 is 0 Å². The second-order valence-corrected chi connectivity index (χ2v) is 6.50. The third kappa shape index (κ3) is 5.42. The molecule has 0 spiro atoms. The summed E-state index contributed by atoms with van der Waals surface area (Å²) >= 11 is 0. The Kier molecular flexibility index (Phi) is 7.22. The fraction of sp³-hybridized carbons (Fsp3) is 0.688. The van der Waals surface area contributed by atoms with Crippen molar-refractivity contribution in [3.8, 4) is 0 Å². The Labute approximate surface area is 153 Å². The Hall–Kier alpha value is -1.64. The number of aromatic nitrogens is 1. The van der Waals surface area contributed by atoms with Crippen LogP contribution in [0, 0.1) is 12.8 Å². The van der Waals surface area contributed by atoms with Gasteiger partial charge in [-0.15, -0.1) is 12.4 Å². The number of piperazine rings is 1. The Balaban J connectivity index is 0.00000225. The van der Waals surface area contributed by atoms with E-state index in [-0.39, 0.29) is 30.1 Å². The van der Waals surface area contributed by atoms with Gasteiger partial charge in [0.1, 0.15) is 5.76 Å². The van der Waals surface area contributed by atoms with E-state index in [0.717, 1.165) is 39.0 Å². The van der Waals surface area contributed by atoms with Crippen molar-refractivity contribution in [2.45, 2.75) is 19.8 Å². The zero-order valence-electron chi connectivity index (χ0n) is 14.5. The molecule has 0 radical (unpaired) electrons. The molecule has 2 amide bonds. The van der Waals surface area contributed by atoms with E-state index in [1.807, 2.05) is 4.90 Å². The first-order chi connectivity index (χ1) is 11.6. The highest BCUT2D eigenvalue weighted by Crippen LogP contribution is 2.16. The molecule has 9 heteroatoms. The van der Waals surface area contributed by atoms with E-state index in [0.29, 0.717) is 31.2 Å². The lowest BCUT2D eigenvalue weighted by Gasteiger charge is -2.36. The number of rotatable bonds is 4. The summed E-state index contributed by atoms with van der Waals surface area (Å²) < 4.78 is 4.93. The molecule has 2 aliphatic rings. The van der Waals surface area contributed by atoms with Crippen LogP contribution in [0.1, 0.15) is 18.6 Å². The van der Waals surface area contributed by atoms with Crippen LogP contribution in [0.4, 0.5) is 5.82 Å². The summed E-state index contributed by atoms with van der Waals surface area (Å²) in [6.07, 6.45) is 1.86. The molecule has 0 aromatic carbocycles. The van der Waals surface area contributed by atoms with E-state index >= 15 is 0 Å². The average Bonchev–Trinajstić information content (AvgIpc) is 3.00. The van der Waals surface area contributed by atoms with Crippen LogP contribution < -0.4 is 10.6 Å². The van der Waals surface area contributed by atoms with Gasteiger partial charge >= 0.3 is 0 Å². The lowest BCUT2D eigenvalue weighted by atomic mass is 9.96. The predicted octanol–water partition coefficient (Wildman–Crippen LogP) is 0.487. The van der Waals surface area contributed by atoms with Crippen LogP contribution in [0.3, 0.4) is 0 Å². The second kappa shape index (κ2) is 9.17. The average molecular weight is 372 g/mol. The van der Waals surface area contributed by atoms with Crippen LogP contribution in [0.25, 0.3) is 0 Å². The predicted molar refractivity (Wildman–Crippen MR) is 95.7 cm³/mol. The van der Waals surface area contributed by atoms with Gasteiger partial charge in [-0.2, -0.15) is 0 Å². The fourth-order valence-electron chi connectivity index (χ4n) is 3.26. The molecule has 1 aromatic rings. The van der Waals surface area contributed by atoms with Gasteiger partial charge in [-0.25, -0.2) is 0 Å². The first-order valence-corrected chi connectivity index (χ1v) is 8.57. The molecule has 0 aliphatic carbocycles. The first kappa shape index (κ1) is 19.7. The monoisotopic (exact) mass is 371 g/mol. The largest absolute Gasteiger partial charge is 0.360 e. The zero-order valence-corrected chi connectivity index (χ0v) is 15.3. The molecule has 2 saturated heterocycles. The van der Waals surface area contributed by atoms with Crippen molar-refractivity contribution in [2.75, 3.05) is 51.1 Å². The third-order valence-corrected chi connectivity index (χ3v) is 4.64. The van der Waals surface area contributed by atoms with E-state index in [9.17, 15) is 9.59 Å². The van der Waals surface area contributed by atoms with Gasteiger partial charge in [0, 0.05) is 38.2 Å². The summed E-state index contributed by atoms with van der Waals surface area (Å²) in [6, 6.07) is 1.69. The Morgan fingerprint density at radius 3 is 2.56 bits per heavy atom. The van der Waals surface area contributed by atoms with Gasteiger partial charge < -0.3 is 20.1 Å². The quantitative estimate of drug-likeness (QED) is 0.800. The van der Waals surface area contributed by atoms with E-state index in [1.54, 1.807) is 13.0 Å². The molecule has 140 valence electrons. The molecule has 0 unspecified atom stereocenters. The number of hydrogen-bond acceptors (Lipinski definition) is 6. The minimum absolute atomic E-state index is 0. The van der Waals surface area contributed by atoms with E-state index in [2.05, 4.69) is 20.7 Å². The smallest absolute Gasteiger partial charge is 0.239 e. The standard InChI is InChI=1S/C16H25N5O3.ClH/c1-12-10-14(19-24-12)18-15(22)11-20-6-8-21(9-7-20)16(23)13-2-4-17-5-3-13;/h10,13,17H,2-9,11H2,1H3,(H,18,19,22);1H. The van der Waals surface area contributed by atoms with Crippen LogP contribution in [-0.4, -0.2) is 72.6 Å². The molecule has 2 N–H and O–H groups in total. The van der Waals surface area contributed by atoms with Gasteiger partial charge in [0.05, 0.1) is 6.54 Å². The fourth-order valence-corrected chi connectivity index (χ4v) is 3.26. The number of carbonyl (C=O) groups is 2. The Bertz CT molecular complexity index is 580. The molecule has 0 saturated carbocycles. The van der Waals surface area contributed by atoms with Gasteiger partial charge in [0.2, 0.25) is 11.8 Å². The highest BCUT2D eigenvalue weighted by molar-refractivity contribution is 5.91. The number of amides is 2. The maximum atomic E-state index is 12.5. The number of nitrogens with zero attached hydrogens (tertiary/aromatic N) is 3. The summed E-state index contributed by atoms with van der Waals surface area (Å²) in [6.45, 7) is 6.78. The maximum absolute atomic E-state index is 12.5. The van der Waals surface area contributed by atoms with Crippen LogP contribution in [0.15, 0.2) is 10.6 Å². The molecule has 0 bridgehead atoms. The molecular formula is C16H26ClN5O3. The van der Waals surface area contributed by atoms with Gasteiger partial charge in [-0.05, 0) is 32.9 Å². The number of anilines is 1. The third-order valence-electron chi connectivity index (χ3n) is 4.64. The normalized spacial score (nSPS) is 19.3. The van der Waals surface area contributed by atoms with Gasteiger partial charge in [-0.3, -0.25) is 14.5 Å². The number of carbonyl (C=O) groups excluding carboxylic acids is 2. The second-order valence-electron chi connectivity index (χ2n) is 6.50. The molecule has 25 heavy (non-hydrogen) atoms. The highest BCUT2D eigenvalue weighted by atomic mass is 35.5. The SMILES string of the molecule is Cc1cc(NC(=O)CN2CCN(C(=O)C3CCNCC3)CC2)no1.Cl. The van der Waals surface area contributed by atoms with Crippen LogP contribution >= 0.6 is 12.4 Å². The minimum Gasteiger partial charge on any atom is -0.360 e. The molecule has 2 fully saturated rings. The molecule has 0 atom stereocenters. The van der Waals surface area contributed by atoms with Crippen molar-refractivity contribution in [1.82, 2.24) is 20.3 Å².